The highest BCUT2D eigenvalue weighted by Gasteiger charge is 2.15. The topological polar surface area (TPSA) is 62.7 Å². The Kier molecular flexibility index (Phi) is 4.20. The third-order valence-electron chi connectivity index (χ3n) is 2.96. The molecule has 0 atom stereocenters. The number of hydrogen-bond acceptors (Lipinski definition) is 4. The minimum absolute atomic E-state index is 0.112. The average Bonchev–Trinajstić information content (AvgIpc) is 2.48. The van der Waals surface area contributed by atoms with E-state index in [1.54, 1.807) is 14.2 Å². The van der Waals surface area contributed by atoms with E-state index in [2.05, 4.69) is 4.98 Å². The number of carbonyl (C=O) groups is 1. The van der Waals surface area contributed by atoms with E-state index in [4.69, 9.17) is 4.74 Å². The minimum Gasteiger partial charge on any atom is -0.505 e. The average molecular weight is 272 g/mol. The van der Waals surface area contributed by atoms with Crippen molar-refractivity contribution >= 4 is 5.91 Å². The number of rotatable bonds is 4. The van der Waals surface area contributed by atoms with Gasteiger partial charge in [0.25, 0.3) is 5.91 Å². The van der Waals surface area contributed by atoms with Crippen molar-refractivity contribution < 1.29 is 14.6 Å². The molecule has 2 rings (SSSR count). The normalized spacial score (nSPS) is 10.1. The monoisotopic (exact) mass is 272 g/mol. The van der Waals surface area contributed by atoms with Gasteiger partial charge in [-0.2, -0.15) is 0 Å². The highest BCUT2D eigenvalue weighted by atomic mass is 16.5. The maximum absolute atomic E-state index is 12.2. The van der Waals surface area contributed by atoms with Crippen LogP contribution in [0, 0.1) is 0 Å². The second-order valence-electron chi connectivity index (χ2n) is 4.40. The van der Waals surface area contributed by atoms with Crippen molar-refractivity contribution in [1.82, 2.24) is 9.88 Å². The molecule has 0 bridgehead atoms. The van der Waals surface area contributed by atoms with Gasteiger partial charge in [0.05, 0.1) is 18.9 Å². The predicted octanol–water partition coefficient (Wildman–Crippen LogP) is 2.07. The number of pyridine rings is 1. The van der Waals surface area contributed by atoms with Crippen molar-refractivity contribution in [3.63, 3.8) is 0 Å². The molecule has 1 aromatic heterocycles. The third-order valence-corrected chi connectivity index (χ3v) is 2.96. The zero-order chi connectivity index (χ0) is 14.5. The molecule has 1 N–H and O–H groups in total. The fourth-order valence-corrected chi connectivity index (χ4v) is 1.85. The molecule has 104 valence electrons. The molecule has 1 aromatic carbocycles. The van der Waals surface area contributed by atoms with Crippen LogP contribution < -0.4 is 4.74 Å². The van der Waals surface area contributed by atoms with Gasteiger partial charge in [0.15, 0.2) is 0 Å². The Morgan fingerprint density at radius 2 is 2.00 bits per heavy atom. The number of benzene rings is 1. The molecule has 0 fully saturated rings. The van der Waals surface area contributed by atoms with Crippen molar-refractivity contribution in [2.75, 3.05) is 14.2 Å². The summed E-state index contributed by atoms with van der Waals surface area (Å²) in [6, 6.07) is 8.99. The Bertz CT molecular complexity index is 596. The Balaban J connectivity index is 2.09. The van der Waals surface area contributed by atoms with Crippen LogP contribution in [-0.2, 0) is 6.54 Å². The summed E-state index contributed by atoms with van der Waals surface area (Å²) in [5.41, 5.74) is 1.23. The number of carbonyl (C=O) groups excluding carboxylic acids is 1. The zero-order valence-corrected chi connectivity index (χ0v) is 11.4. The molecule has 0 radical (unpaired) electrons. The molecular formula is C15H16N2O3. The number of aromatic nitrogens is 1. The molecule has 0 spiro atoms. The van der Waals surface area contributed by atoms with E-state index < -0.39 is 0 Å². The van der Waals surface area contributed by atoms with Crippen LogP contribution in [0.4, 0.5) is 0 Å². The molecule has 1 amide bonds. The number of ether oxygens (including phenoxy) is 1. The van der Waals surface area contributed by atoms with Gasteiger partial charge in [-0.1, -0.05) is 12.1 Å². The molecule has 0 saturated heterocycles. The van der Waals surface area contributed by atoms with Crippen LogP contribution in [0.1, 0.15) is 15.9 Å². The van der Waals surface area contributed by atoms with E-state index in [-0.39, 0.29) is 17.2 Å². The summed E-state index contributed by atoms with van der Waals surface area (Å²) in [4.78, 5) is 17.5. The molecule has 2 aromatic rings. The molecule has 5 heteroatoms. The van der Waals surface area contributed by atoms with Gasteiger partial charge in [-0.25, -0.2) is 0 Å². The van der Waals surface area contributed by atoms with Gasteiger partial charge < -0.3 is 14.7 Å². The van der Waals surface area contributed by atoms with E-state index in [1.165, 1.54) is 23.4 Å². The Morgan fingerprint density at radius 1 is 1.30 bits per heavy atom. The number of aromatic hydroxyl groups is 1. The summed E-state index contributed by atoms with van der Waals surface area (Å²) in [6.45, 7) is 0.449. The van der Waals surface area contributed by atoms with Gasteiger partial charge in [0, 0.05) is 19.8 Å². The molecule has 0 aliphatic carbocycles. The van der Waals surface area contributed by atoms with Crippen LogP contribution in [0.25, 0.3) is 0 Å². The fourth-order valence-electron chi connectivity index (χ4n) is 1.85. The van der Waals surface area contributed by atoms with Crippen LogP contribution in [0.2, 0.25) is 0 Å². The molecular weight excluding hydrogens is 256 g/mol. The van der Waals surface area contributed by atoms with Gasteiger partial charge >= 0.3 is 0 Å². The van der Waals surface area contributed by atoms with Crippen molar-refractivity contribution in [2.45, 2.75) is 6.54 Å². The lowest BCUT2D eigenvalue weighted by atomic mass is 10.1. The number of amides is 1. The Morgan fingerprint density at radius 3 is 2.60 bits per heavy atom. The molecule has 0 aliphatic rings. The first-order valence-corrected chi connectivity index (χ1v) is 6.13. The van der Waals surface area contributed by atoms with Gasteiger partial charge in [-0.15, -0.1) is 0 Å². The number of methoxy groups -OCH3 is 1. The van der Waals surface area contributed by atoms with Crippen molar-refractivity contribution in [3.05, 3.63) is 53.9 Å². The maximum atomic E-state index is 12.2. The lowest BCUT2D eigenvalue weighted by Crippen LogP contribution is -2.26. The minimum atomic E-state index is -0.249. The second-order valence-corrected chi connectivity index (χ2v) is 4.40. The summed E-state index contributed by atoms with van der Waals surface area (Å²) in [6.07, 6.45) is 2.74. The first kappa shape index (κ1) is 13.9. The summed E-state index contributed by atoms with van der Waals surface area (Å²) in [5.74, 6) is 0.411. The van der Waals surface area contributed by atoms with Crippen LogP contribution in [-0.4, -0.2) is 35.1 Å². The van der Waals surface area contributed by atoms with E-state index in [0.717, 1.165) is 11.3 Å². The smallest absolute Gasteiger partial charge is 0.257 e. The first-order valence-electron chi connectivity index (χ1n) is 6.13. The quantitative estimate of drug-likeness (QED) is 0.925. The van der Waals surface area contributed by atoms with Crippen molar-refractivity contribution in [1.29, 1.82) is 0 Å². The molecule has 5 nitrogen and oxygen atoms in total. The predicted molar refractivity (Wildman–Crippen MR) is 74.7 cm³/mol. The fraction of sp³-hybridized carbons (Fsp3) is 0.200. The van der Waals surface area contributed by atoms with Crippen LogP contribution >= 0.6 is 0 Å². The lowest BCUT2D eigenvalue weighted by Gasteiger charge is -2.18. The molecule has 20 heavy (non-hydrogen) atoms. The number of nitrogens with zero attached hydrogens (tertiary/aromatic N) is 2. The first-order chi connectivity index (χ1) is 9.61. The zero-order valence-electron chi connectivity index (χ0n) is 11.4. The molecule has 0 saturated carbocycles. The van der Waals surface area contributed by atoms with Crippen LogP contribution in [0.15, 0.2) is 42.7 Å². The van der Waals surface area contributed by atoms with Crippen molar-refractivity contribution in [2.24, 2.45) is 0 Å². The molecule has 1 heterocycles. The highest BCUT2D eigenvalue weighted by Crippen LogP contribution is 2.18. The van der Waals surface area contributed by atoms with Crippen molar-refractivity contribution in [3.8, 4) is 11.5 Å². The van der Waals surface area contributed by atoms with Gasteiger partial charge in [-0.05, 0) is 23.8 Å². The summed E-state index contributed by atoms with van der Waals surface area (Å²) < 4.78 is 5.09. The largest absolute Gasteiger partial charge is 0.505 e. The molecule has 0 unspecified atom stereocenters. The van der Waals surface area contributed by atoms with Gasteiger partial charge in [0.2, 0.25) is 0 Å². The van der Waals surface area contributed by atoms with E-state index in [0.29, 0.717) is 6.54 Å². The third kappa shape index (κ3) is 3.06. The SMILES string of the molecule is COc1ccc(CN(C)C(=O)c2ccncc2O)cc1. The standard InChI is InChI=1S/C15H16N2O3/c1-17(10-11-3-5-12(20-2)6-4-11)15(19)13-7-8-16-9-14(13)18/h3-9,18H,10H2,1-2H3. The maximum Gasteiger partial charge on any atom is 0.257 e. The summed E-state index contributed by atoms with van der Waals surface area (Å²) in [7, 11) is 3.29. The van der Waals surface area contributed by atoms with E-state index in [1.807, 2.05) is 24.3 Å². The lowest BCUT2D eigenvalue weighted by molar-refractivity contribution is 0.0782. The number of hydrogen-bond donors (Lipinski definition) is 1. The van der Waals surface area contributed by atoms with E-state index in [9.17, 15) is 9.90 Å². The van der Waals surface area contributed by atoms with E-state index >= 15 is 0 Å². The summed E-state index contributed by atoms with van der Waals surface area (Å²) in [5, 5.41) is 9.64. The second kappa shape index (κ2) is 6.06. The van der Waals surface area contributed by atoms with Gasteiger partial charge in [0.1, 0.15) is 11.5 Å². The van der Waals surface area contributed by atoms with Gasteiger partial charge in [-0.3, -0.25) is 9.78 Å². The molecule has 0 aliphatic heterocycles. The van der Waals surface area contributed by atoms with Crippen LogP contribution in [0.3, 0.4) is 0 Å². The Hall–Kier alpha value is -2.56. The van der Waals surface area contributed by atoms with Crippen LogP contribution in [0.5, 0.6) is 11.5 Å². The summed E-state index contributed by atoms with van der Waals surface area (Å²) >= 11 is 0. The highest BCUT2D eigenvalue weighted by molar-refractivity contribution is 5.96. The Labute approximate surface area is 117 Å².